The third kappa shape index (κ3) is 2.05. The molecule has 0 amide bonds. The largest absolute Gasteiger partial charge is 0.298 e. The van der Waals surface area contributed by atoms with E-state index in [9.17, 15) is 4.79 Å². The van der Waals surface area contributed by atoms with Crippen molar-refractivity contribution in [3.8, 4) is 0 Å². The zero-order valence-electron chi connectivity index (χ0n) is 8.08. The van der Waals surface area contributed by atoms with Crippen LogP contribution in [0.4, 0.5) is 0 Å². The van der Waals surface area contributed by atoms with Gasteiger partial charge in [-0.05, 0) is 17.0 Å². The fourth-order valence-electron chi connectivity index (χ4n) is 1.24. The van der Waals surface area contributed by atoms with Crippen LogP contribution in [0.25, 0.3) is 6.08 Å². The van der Waals surface area contributed by atoms with Crippen molar-refractivity contribution in [1.29, 1.82) is 0 Å². The van der Waals surface area contributed by atoms with E-state index in [4.69, 9.17) is 0 Å². The molecular weight excluding hydrogens is 160 g/mol. The van der Waals surface area contributed by atoms with Gasteiger partial charge in [-0.15, -0.1) is 0 Å². The number of rotatable bonds is 3. The molecule has 13 heavy (non-hydrogen) atoms. The highest BCUT2D eigenvalue weighted by atomic mass is 16.1. The van der Waals surface area contributed by atoms with Crippen molar-refractivity contribution in [3.05, 3.63) is 41.5 Å². The fraction of sp³-hybridized carbons (Fsp3) is 0.250. The highest BCUT2D eigenvalue weighted by molar-refractivity contribution is 5.81. The van der Waals surface area contributed by atoms with E-state index in [2.05, 4.69) is 20.4 Å². The van der Waals surface area contributed by atoms with Gasteiger partial charge in [0, 0.05) is 5.56 Å². The van der Waals surface area contributed by atoms with Crippen LogP contribution in [-0.2, 0) is 0 Å². The number of carbonyl (C=O) groups excluding carboxylic acids is 1. The molecule has 0 heterocycles. The first-order valence-electron chi connectivity index (χ1n) is 4.40. The van der Waals surface area contributed by atoms with Crippen molar-refractivity contribution in [2.24, 2.45) is 0 Å². The molecule has 0 aliphatic rings. The predicted octanol–water partition coefficient (Wildman–Crippen LogP) is 3.27. The van der Waals surface area contributed by atoms with Crippen molar-refractivity contribution in [2.45, 2.75) is 19.8 Å². The van der Waals surface area contributed by atoms with Gasteiger partial charge >= 0.3 is 0 Å². The average Bonchev–Trinajstić information content (AvgIpc) is 2.16. The van der Waals surface area contributed by atoms with E-state index in [1.807, 2.05) is 18.2 Å². The second-order valence-electron chi connectivity index (χ2n) is 3.37. The molecule has 1 rings (SSSR count). The summed E-state index contributed by atoms with van der Waals surface area (Å²) in [7, 11) is 0. The minimum absolute atomic E-state index is 0.486. The van der Waals surface area contributed by atoms with Crippen LogP contribution in [0, 0.1) is 0 Å². The lowest BCUT2D eigenvalue weighted by Crippen LogP contribution is -1.92. The molecule has 0 aliphatic carbocycles. The van der Waals surface area contributed by atoms with Gasteiger partial charge in [-0.3, -0.25) is 4.79 Å². The van der Waals surface area contributed by atoms with E-state index < -0.39 is 0 Å². The van der Waals surface area contributed by atoms with E-state index in [-0.39, 0.29) is 0 Å². The summed E-state index contributed by atoms with van der Waals surface area (Å²) in [6.45, 7) is 7.94. The number of hydrogen-bond donors (Lipinski definition) is 0. The summed E-state index contributed by atoms with van der Waals surface area (Å²) < 4.78 is 0. The third-order valence-electron chi connectivity index (χ3n) is 2.12. The lowest BCUT2D eigenvalue weighted by atomic mass is 9.98. The first kappa shape index (κ1) is 9.72. The van der Waals surface area contributed by atoms with E-state index in [1.54, 1.807) is 6.08 Å². The number of hydrogen-bond acceptors (Lipinski definition) is 1. The van der Waals surface area contributed by atoms with Gasteiger partial charge in [-0.2, -0.15) is 0 Å². The Bertz CT molecular complexity index is 324. The van der Waals surface area contributed by atoms with Crippen LogP contribution in [0.2, 0.25) is 0 Å². The van der Waals surface area contributed by atoms with E-state index in [0.29, 0.717) is 11.5 Å². The molecule has 0 spiro atoms. The van der Waals surface area contributed by atoms with Gasteiger partial charge in [0.15, 0.2) is 6.29 Å². The highest BCUT2D eigenvalue weighted by Crippen LogP contribution is 2.18. The summed E-state index contributed by atoms with van der Waals surface area (Å²) in [6.07, 6.45) is 2.58. The zero-order chi connectivity index (χ0) is 9.84. The van der Waals surface area contributed by atoms with Crippen molar-refractivity contribution < 1.29 is 4.79 Å². The molecule has 0 aliphatic heterocycles. The van der Waals surface area contributed by atoms with Gasteiger partial charge < -0.3 is 0 Å². The fourth-order valence-corrected chi connectivity index (χ4v) is 1.24. The summed E-state index contributed by atoms with van der Waals surface area (Å²) in [5.41, 5.74) is 2.86. The second-order valence-corrected chi connectivity index (χ2v) is 3.37. The van der Waals surface area contributed by atoms with E-state index in [0.717, 1.165) is 11.8 Å². The van der Waals surface area contributed by atoms with Gasteiger partial charge in [0.2, 0.25) is 0 Å². The molecule has 1 nitrogen and oxygen atoms in total. The topological polar surface area (TPSA) is 17.1 Å². The van der Waals surface area contributed by atoms with Gasteiger partial charge in [0.1, 0.15) is 0 Å². The molecule has 0 aromatic heterocycles. The first-order valence-corrected chi connectivity index (χ1v) is 4.40. The van der Waals surface area contributed by atoms with Crippen molar-refractivity contribution in [2.75, 3.05) is 0 Å². The predicted molar refractivity (Wildman–Crippen MR) is 56.0 cm³/mol. The van der Waals surface area contributed by atoms with Crippen LogP contribution in [0.3, 0.4) is 0 Å². The second kappa shape index (κ2) is 4.04. The molecule has 0 saturated heterocycles. The number of aldehydes is 1. The average molecular weight is 174 g/mol. The Morgan fingerprint density at radius 2 is 2.00 bits per heavy atom. The van der Waals surface area contributed by atoms with Crippen LogP contribution in [0.5, 0.6) is 0 Å². The Morgan fingerprint density at radius 1 is 1.31 bits per heavy atom. The Hall–Kier alpha value is -1.37. The quantitative estimate of drug-likeness (QED) is 0.643. The molecule has 1 heteroatoms. The van der Waals surface area contributed by atoms with Gasteiger partial charge in [-0.25, -0.2) is 0 Å². The molecule has 68 valence electrons. The number of benzene rings is 1. The molecule has 1 aromatic carbocycles. The van der Waals surface area contributed by atoms with Crippen LogP contribution >= 0.6 is 0 Å². The standard InChI is InChI=1S/C12H14O/c1-4-10-7-11(9(2)3)5-6-12(10)8-13/h4-9H,1H2,2-3H3. The van der Waals surface area contributed by atoms with Crippen molar-refractivity contribution in [1.82, 2.24) is 0 Å². The summed E-state index contributed by atoms with van der Waals surface area (Å²) in [6, 6.07) is 5.85. The molecule has 0 saturated carbocycles. The van der Waals surface area contributed by atoms with Gasteiger partial charge in [0.05, 0.1) is 0 Å². The van der Waals surface area contributed by atoms with Gasteiger partial charge in [-0.1, -0.05) is 44.7 Å². The van der Waals surface area contributed by atoms with Gasteiger partial charge in [0.25, 0.3) is 0 Å². The summed E-state index contributed by atoms with van der Waals surface area (Å²) >= 11 is 0. The van der Waals surface area contributed by atoms with Crippen LogP contribution in [0.15, 0.2) is 24.8 Å². The molecule has 0 bridgehead atoms. The maximum atomic E-state index is 10.6. The molecule has 0 N–H and O–H groups in total. The van der Waals surface area contributed by atoms with E-state index in [1.165, 1.54) is 5.56 Å². The lowest BCUT2D eigenvalue weighted by molar-refractivity contribution is 0.112. The zero-order valence-corrected chi connectivity index (χ0v) is 8.08. The SMILES string of the molecule is C=Cc1cc(C(C)C)ccc1C=O. The Balaban J connectivity index is 3.20. The van der Waals surface area contributed by atoms with Crippen molar-refractivity contribution >= 4 is 12.4 Å². The molecule has 0 unspecified atom stereocenters. The summed E-state index contributed by atoms with van der Waals surface area (Å²) in [5.74, 6) is 0.486. The van der Waals surface area contributed by atoms with Crippen LogP contribution in [-0.4, -0.2) is 6.29 Å². The molecular formula is C12H14O. The first-order chi connectivity index (χ1) is 6.19. The molecule has 0 fully saturated rings. The van der Waals surface area contributed by atoms with Crippen LogP contribution in [0.1, 0.15) is 41.3 Å². The Labute approximate surface area is 79.1 Å². The van der Waals surface area contributed by atoms with E-state index >= 15 is 0 Å². The number of carbonyl (C=O) groups is 1. The lowest BCUT2D eigenvalue weighted by Gasteiger charge is -2.07. The van der Waals surface area contributed by atoms with Crippen molar-refractivity contribution in [3.63, 3.8) is 0 Å². The molecule has 0 radical (unpaired) electrons. The van der Waals surface area contributed by atoms with Crippen LogP contribution < -0.4 is 0 Å². The smallest absolute Gasteiger partial charge is 0.150 e. The third-order valence-corrected chi connectivity index (χ3v) is 2.12. The summed E-state index contributed by atoms with van der Waals surface area (Å²) in [5, 5.41) is 0. The Morgan fingerprint density at radius 3 is 2.46 bits per heavy atom. The maximum Gasteiger partial charge on any atom is 0.150 e. The monoisotopic (exact) mass is 174 g/mol. The minimum atomic E-state index is 0.486. The summed E-state index contributed by atoms with van der Waals surface area (Å²) in [4.78, 5) is 10.6. The Kier molecular flexibility index (Phi) is 3.02. The maximum absolute atomic E-state index is 10.6. The highest BCUT2D eigenvalue weighted by Gasteiger charge is 2.02. The normalized spacial score (nSPS) is 10.1. The molecule has 1 aromatic rings. The molecule has 0 atom stereocenters. The minimum Gasteiger partial charge on any atom is -0.298 e.